The summed E-state index contributed by atoms with van der Waals surface area (Å²) in [5, 5.41) is 3.39. The molecule has 0 aromatic carbocycles. The highest BCUT2D eigenvalue weighted by molar-refractivity contribution is 5.85. The summed E-state index contributed by atoms with van der Waals surface area (Å²) in [5.41, 5.74) is 0. The number of nitrogens with one attached hydrogen (secondary N) is 1. The number of halogens is 2. The average molecular weight is 352 g/mol. The molecule has 2 atom stereocenters. The van der Waals surface area contributed by atoms with Crippen molar-refractivity contribution in [2.75, 3.05) is 39.3 Å². The lowest BCUT2D eigenvalue weighted by molar-refractivity contribution is -0.132. The molecule has 0 aliphatic carbocycles. The fourth-order valence-electron chi connectivity index (χ4n) is 4.05. The number of carbonyl (C=O) groups excluding carboxylic acids is 1. The van der Waals surface area contributed by atoms with Crippen molar-refractivity contribution in [3.05, 3.63) is 0 Å². The predicted octanol–water partition coefficient (Wildman–Crippen LogP) is 2.31. The molecule has 3 heterocycles. The Morgan fingerprint density at radius 1 is 1.05 bits per heavy atom. The Hall–Kier alpha value is -0.0300. The molecule has 3 rings (SSSR count). The van der Waals surface area contributed by atoms with E-state index in [1.54, 1.807) is 0 Å². The molecule has 3 fully saturated rings. The van der Waals surface area contributed by atoms with Gasteiger partial charge in [-0.2, -0.15) is 0 Å². The summed E-state index contributed by atoms with van der Waals surface area (Å²) >= 11 is 0. The molecule has 22 heavy (non-hydrogen) atoms. The quantitative estimate of drug-likeness (QED) is 0.825. The van der Waals surface area contributed by atoms with Gasteiger partial charge in [-0.05, 0) is 70.6 Å². The highest BCUT2D eigenvalue weighted by Crippen LogP contribution is 2.23. The zero-order chi connectivity index (χ0) is 13.8. The highest BCUT2D eigenvalue weighted by Gasteiger charge is 2.30. The molecule has 6 heteroatoms. The highest BCUT2D eigenvalue weighted by atomic mass is 35.5. The van der Waals surface area contributed by atoms with E-state index in [-0.39, 0.29) is 24.8 Å². The van der Waals surface area contributed by atoms with Crippen LogP contribution in [0.2, 0.25) is 0 Å². The van der Waals surface area contributed by atoms with Gasteiger partial charge < -0.3 is 15.1 Å². The number of hydrogen-bond donors (Lipinski definition) is 1. The largest absolute Gasteiger partial charge is 0.338 e. The van der Waals surface area contributed by atoms with E-state index < -0.39 is 0 Å². The van der Waals surface area contributed by atoms with Crippen molar-refractivity contribution in [1.82, 2.24) is 15.1 Å². The van der Waals surface area contributed by atoms with Crippen molar-refractivity contribution in [3.8, 4) is 0 Å². The lowest BCUT2D eigenvalue weighted by Crippen LogP contribution is -2.42. The van der Waals surface area contributed by atoms with Crippen LogP contribution in [0.4, 0.5) is 0 Å². The van der Waals surface area contributed by atoms with Crippen LogP contribution in [0.3, 0.4) is 0 Å². The van der Waals surface area contributed by atoms with Gasteiger partial charge in [0, 0.05) is 25.6 Å². The van der Waals surface area contributed by atoms with Crippen LogP contribution in [-0.4, -0.2) is 61.0 Å². The van der Waals surface area contributed by atoms with Gasteiger partial charge in [0.1, 0.15) is 0 Å². The summed E-state index contributed by atoms with van der Waals surface area (Å²) in [6, 6.07) is 0.502. The summed E-state index contributed by atoms with van der Waals surface area (Å²) in [7, 11) is 0. The molecule has 2 unspecified atom stereocenters. The summed E-state index contributed by atoms with van der Waals surface area (Å²) in [6.07, 6.45) is 8.21. The number of rotatable bonds is 5. The third kappa shape index (κ3) is 5.26. The predicted molar refractivity (Wildman–Crippen MR) is 95.1 cm³/mol. The smallest absolute Gasteiger partial charge is 0.222 e. The molecule has 0 aromatic heterocycles. The minimum absolute atomic E-state index is 0. The maximum absolute atomic E-state index is 12.5. The normalized spacial score (nSPS) is 28.5. The number of likely N-dealkylation sites (tertiary alicyclic amines) is 2. The van der Waals surface area contributed by atoms with Crippen molar-refractivity contribution in [1.29, 1.82) is 0 Å². The first-order valence-electron chi connectivity index (χ1n) is 8.55. The molecule has 4 nitrogen and oxygen atoms in total. The van der Waals surface area contributed by atoms with E-state index in [0.717, 1.165) is 44.9 Å². The van der Waals surface area contributed by atoms with Crippen molar-refractivity contribution in [3.63, 3.8) is 0 Å². The molecule has 0 saturated carbocycles. The van der Waals surface area contributed by atoms with Crippen LogP contribution in [0.25, 0.3) is 0 Å². The molecule has 1 amide bonds. The fraction of sp³-hybridized carbons (Fsp3) is 0.938. The fourth-order valence-corrected chi connectivity index (χ4v) is 4.05. The maximum atomic E-state index is 12.5. The molecule has 3 saturated heterocycles. The van der Waals surface area contributed by atoms with Gasteiger partial charge in [0.05, 0.1) is 0 Å². The van der Waals surface area contributed by atoms with Gasteiger partial charge in [0.2, 0.25) is 5.91 Å². The first-order valence-corrected chi connectivity index (χ1v) is 8.55. The molecule has 0 spiro atoms. The Labute approximate surface area is 147 Å². The Kier molecular flexibility index (Phi) is 9.07. The summed E-state index contributed by atoms with van der Waals surface area (Å²) in [4.78, 5) is 17.2. The number of carbonyl (C=O) groups is 1. The molecule has 3 aliphatic heterocycles. The van der Waals surface area contributed by atoms with Crippen LogP contribution in [0, 0.1) is 5.92 Å². The van der Waals surface area contributed by atoms with Crippen LogP contribution in [0.1, 0.15) is 44.9 Å². The van der Waals surface area contributed by atoms with Gasteiger partial charge in [-0.3, -0.25) is 4.79 Å². The summed E-state index contributed by atoms with van der Waals surface area (Å²) in [5.74, 6) is 1.15. The van der Waals surface area contributed by atoms with Gasteiger partial charge >= 0.3 is 0 Å². The Balaban J connectivity index is 0.00000121. The first-order chi connectivity index (χ1) is 9.83. The summed E-state index contributed by atoms with van der Waals surface area (Å²) in [6.45, 7) is 6.86. The van der Waals surface area contributed by atoms with E-state index in [1.165, 1.54) is 45.2 Å². The molecule has 130 valence electrons. The monoisotopic (exact) mass is 351 g/mol. The topological polar surface area (TPSA) is 35.6 Å². The van der Waals surface area contributed by atoms with E-state index in [0.29, 0.717) is 11.9 Å². The zero-order valence-electron chi connectivity index (χ0n) is 13.5. The second-order valence-corrected chi connectivity index (χ2v) is 6.79. The molecule has 0 aromatic rings. The second kappa shape index (κ2) is 9.96. The Morgan fingerprint density at radius 2 is 1.82 bits per heavy atom. The molecule has 1 N–H and O–H groups in total. The number of hydrogen-bond acceptors (Lipinski definition) is 3. The standard InChI is InChI=1S/C16H29N3O.2ClH/c20-16(6-5-14-7-8-17-12-14)19-11-3-4-15(19)13-18-9-1-2-10-18;;/h14-15,17H,1-13H2;2*1H. The molecule has 3 aliphatic rings. The lowest BCUT2D eigenvalue weighted by Gasteiger charge is -2.29. The van der Waals surface area contributed by atoms with Crippen LogP contribution < -0.4 is 5.32 Å². The first kappa shape index (κ1) is 20.0. The third-order valence-electron chi connectivity index (χ3n) is 5.29. The zero-order valence-corrected chi connectivity index (χ0v) is 15.1. The molecule has 0 radical (unpaired) electrons. The SMILES string of the molecule is Cl.Cl.O=C(CCC1CCNC1)N1CCCC1CN1CCCC1. The molecule has 0 bridgehead atoms. The van der Waals surface area contributed by atoms with Crippen molar-refractivity contribution < 1.29 is 4.79 Å². The van der Waals surface area contributed by atoms with E-state index in [1.807, 2.05) is 0 Å². The minimum Gasteiger partial charge on any atom is -0.338 e. The van der Waals surface area contributed by atoms with Crippen LogP contribution >= 0.6 is 24.8 Å². The van der Waals surface area contributed by atoms with Crippen molar-refractivity contribution in [2.24, 2.45) is 5.92 Å². The van der Waals surface area contributed by atoms with E-state index in [2.05, 4.69) is 15.1 Å². The van der Waals surface area contributed by atoms with Gasteiger partial charge in [-0.15, -0.1) is 24.8 Å². The lowest BCUT2D eigenvalue weighted by atomic mass is 10.0. The van der Waals surface area contributed by atoms with Gasteiger partial charge in [-0.25, -0.2) is 0 Å². The Bertz CT molecular complexity index is 331. The second-order valence-electron chi connectivity index (χ2n) is 6.79. The third-order valence-corrected chi connectivity index (χ3v) is 5.29. The van der Waals surface area contributed by atoms with Crippen LogP contribution in [0.5, 0.6) is 0 Å². The van der Waals surface area contributed by atoms with Crippen molar-refractivity contribution >= 4 is 30.7 Å². The average Bonchev–Trinajstić information content (AvgIpc) is 3.19. The van der Waals surface area contributed by atoms with Crippen molar-refractivity contribution in [2.45, 2.75) is 51.0 Å². The van der Waals surface area contributed by atoms with Crippen LogP contribution in [0.15, 0.2) is 0 Å². The minimum atomic E-state index is 0. The van der Waals surface area contributed by atoms with Gasteiger partial charge in [-0.1, -0.05) is 0 Å². The van der Waals surface area contributed by atoms with Gasteiger partial charge in [0.25, 0.3) is 0 Å². The summed E-state index contributed by atoms with van der Waals surface area (Å²) < 4.78 is 0. The Morgan fingerprint density at radius 3 is 2.50 bits per heavy atom. The van der Waals surface area contributed by atoms with E-state index in [9.17, 15) is 4.79 Å². The number of amides is 1. The number of nitrogens with zero attached hydrogens (tertiary/aromatic N) is 2. The van der Waals surface area contributed by atoms with Crippen LogP contribution in [-0.2, 0) is 4.79 Å². The maximum Gasteiger partial charge on any atom is 0.222 e. The molecular formula is C16H31Cl2N3O. The van der Waals surface area contributed by atoms with E-state index in [4.69, 9.17) is 0 Å². The van der Waals surface area contributed by atoms with Gasteiger partial charge in [0.15, 0.2) is 0 Å². The van der Waals surface area contributed by atoms with E-state index >= 15 is 0 Å². The molecular weight excluding hydrogens is 321 g/mol.